The van der Waals surface area contributed by atoms with Gasteiger partial charge in [0.15, 0.2) is 0 Å². The zero-order valence-corrected chi connectivity index (χ0v) is 11.4. The topological polar surface area (TPSA) is 54.5 Å². The van der Waals surface area contributed by atoms with E-state index in [2.05, 4.69) is 16.4 Å². The Morgan fingerprint density at radius 3 is 2.64 bits per heavy atom. The second kappa shape index (κ2) is 4.34. The number of aromatic nitrogens is 3. The van der Waals surface area contributed by atoms with E-state index in [-0.39, 0.29) is 12.8 Å². The fourth-order valence-electron chi connectivity index (χ4n) is 2.94. The van der Waals surface area contributed by atoms with Crippen molar-refractivity contribution in [2.24, 2.45) is 0 Å². The van der Waals surface area contributed by atoms with E-state index in [0.717, 1.165) is 5.52 Å². The van der Waals surface area contributed by atoms with Crippen LogP contribution in [0.25, 0.3) is 16.7 Å². The number of hydrogen-bond acceptors (Lipinski definition) is 3. The van der Waals surface area contributed by atoms with Crippen LogP contribution < -0.4 is 0 Å². The molecule has 0 aliphatic heterocycles. The van der Waals surface area contributed by atoms with Crippen LogP contribution in [0.5, 0.6) is 0 Å². The van der Waals surface area contributed by atoms with Crippen LogP contribution >= 0.6 is 0 Å². The predicted molar refractivity (Wildman–Crippen MR) is 75.9 cm³/mol. The number of hydrogen-bond donors (Lipinski definition) is 0. The number of benzene rings is 2. The molecule has 0 fully saturated rings. The third-order valence-electron chi connectivity index (χ3n) is 3.92. The van der Waals surface area contributed by atoms with Crippen molar-refractivity contribution in [3.05, 3.63) is 53.1 Å². The molecule has 0 bridgehead atoms. The molecule has 0 N–H and O–H groups in total. The maximum absolute atomic E-state index is 13.6. The van der Waals surface area contributed by atoms with Crippen molar-refractivity contribution in [3.8, 4) is 11.8 Å². The minimum absolute atomic E-state index is 0.298. The van der Waals surface area contributed by atoms with Gasteiger partial charge in [-0.05, 0) is 35.4 Å². The smallest absolute Gasteiger partial charge is 0.211 e. The number of nitriles is 1. The van der Waals surface area contributed by atoms with Crippen LogP contribution in [0.4, 0.5) is 8.78 Å². The second-order valence-electron chi connectivity index (χ2n) is 5.45. The number of rotatable bonds is 1. The molecule has 4 nitrogen and oxygen atoms in total. The van der Waals surface area contributed by atoms with Gasteiger partial charge in [-0.3, -0.25) is 0 Å². The van der Waals surface area contributed by atoms with Gasteiger partial charge >= 0.3 is 0 Å². The summed E-state index contributed by atoms with van der Waals surface area (Å²) in [4.78, 5) is 0. The molecule has 6 heteroatoms. The van der Waals surface area contributed by atoms with Crippen LogP contribution in [0.2, 0.25) is 0 Å². The molecule has 1 aromatic heterocycles. The lowest BCUT2D eigenvalue weighted by Crippen LogP contribution is -2.14. The molecule has 22 heavy (non-hydrogen) atoms. The SMILES string of the molecule is N#Cc1cc2c(cc1-n1nnc3ccccc31)CC(F)(F)C2. The predicted octanol–water partition coefficient (Wildman–Crippen LogP) is 3.03. The molecule has 1 heterocycles. The van der Waals surface area contributed by atoms with Crippen molar-refractivity contribution >= 4 is 11.0 Å². The molecule has 0 saturated heterocycles. The van der Waals surface area contributed by atoms with Gasteiger partial charge in [-0.25, -0.2) is 13.5 Å². The Bertz CT molecular complexity index is 937. The molecule has 0 atom stereocenters. The molecule has 4 rings (SSSR count). The molecule has 0 amide bonds. The lowest BCUT2D eigenvalue weighted by atomic mass is 10.0. The summed E-state index contributed by atoms with van der Waals surface area (Å²) in [6, 6.07) is 12.6. The summed E-state index contributed by atoms with van der Waals surface area (Å²) in [6.45, 7) is 0. The lowest BCUT2D eigenvalue weighted by molar-refractivity contribution is 0.0130. The Morgan fingerprint density at radius 1 is 1.14 bits per heavy atom. The molecule has 1 aliphatic carbocycles. The number of alkyl halides is 2. The Morgan fingerprint density at radius 2 is 1.86 bits per heavy atom. The van der Waals surface area contributed by atoms with Gasteiger partial charge < -0.3 is 0 Å². The van der Waals surface area contributed by atoms with Gasteiger partial charge in [0.25, 0.3) is 5.92 Å². The molecule has 3 aromatic rings. The molecule has 0 saturated carbocycles. The van der Waals surface area contributed by atoms with Crippen molar-refractivity contribution in [2.45, 2.75) is 18.8 Å². The maximum Gasteiger partial charge on any atom is 0.256 e. The fourth-order valence-corrected chi connectivity index (χ4v) is 2.94. The van der Waals surface area contributed by atoms with Crippen LogP contribution in [0.15, 0.2) is 36.4 Å². The average molecular weight is 296 g/mol. The van der Waals surface area contributed by atoms with Crippen molar-refractivity contribution in [1.29, 1.82) is 5.26 Å². The van der Waals surface area contributed by atoms with Crippen LogP contribution in [-0.2, 0) is 12.8 Å². The van der Waals surface area contributed by atoms with E-state index in [9.17, 15) is 14.0 Å². The van der Waals surface area contributed by atoms with Crippen LogP contribution in [0, 0.1) is 11.3 Å². The molecule has 108 valence electrons. The van der Waals surface area contributed by atoms with Crippen molar-refractivity contribution in [2.75, 3.05) is 0 Å². The average Bonchev–Trinajstić information content (AvgIpc) is 3.04. The number of halogens is 2. The third-order valence-corrected chi connectivity index (χ3v) is 3.92. The summed E-state index contributed by atoms with van der Waals surface area (Å²) < 4.78 is 28.7. The summed E-state index contributed by atoms with van der Waals surface area (Å²) in [7, 11) is 0. The maximum atomic E-state index is 13.6. The highest BCUT2D eigenvalue weighted by Crippen LogP contribution is 2.36. The van der Waals surface area contributed by atoms with Gasteiger partial charge in [0, 0.05) is 12.8 Å². The van der Waals surface area contributed by atoms with Gasteiger partial charge in [0.1, 0.15) is 11.6 Å². The van der Waals surface area contributed by atoms with Crippen LogP contribution in [0.3, 0.4) is 0 Å². The Hall–Kier alpha value is -2.81. The highest BCUT2D eigenvalue weighted by atomic mass is 19.3. The Kier molecular flexibility index (Phi) is 2.54. The summed E-state index contributed by atoms with van der Waals surface area (Å²) in [6.07, 6.45) is -0.608. The van der Waals surface area contributed by atoms with E-state index >= 15 is 0 Å². The summed E-state index contributed by atoms with van der Waals surface area (Å²) in [5.74, 6) is -2.74. The summed E-state index contributed by atoms with van der Waals surface area (Å²) in [5.41, 5.74) is 3.36. The fraction of sp³-hybridized carbons (Fsp3) is 0.188. The van der Waals surface area contributed by atoms with E-state index < -0.39 is 5.92 Å². The Balaban J connectivity index is 1.95. The van der Waals surface area contributed by atoms with E-state index in [4.69, 9.17) is 0 Å². The molecule has 0 radical (unpaired) electrons. The van der Waals surface area contributed by atoms with Crippen LogP contribution in [-0.4, -0.2) is 20.9 Å². The standard InChI is InChI=1S/C16H10F2N4/c17-16(18)7-10-5-12(9-19)15(6-11(10)8-16)22-14-4-2-1-3-13(14)20-21-22/h1-6H,7-8H2. The molecule has 2 aromatic carbocycles. The Labute approximate surface area is 124 Å². The third kappa shape index (κ3) is 1.86. The summed E-state index contributed by atoms with van der Waals surface area (Å²) >= 11 is 0. The first-order chi connectivity index (χ1) is 10.6. The first kappa shape index (κ1) is 12.9. The van der Waals surface area contributed by atoms with Crippen molar-refractivity contribution in [3.63, 3.8) is 0 Å². The van der Waals surface area contributed by atoms with E-state index in [0.29, 0.717) is 27.9 Å². The number of nitrogens with zero attached hydrogens (tertiary/aromatic N) is 4. The summed E-state index contributed by atoms with van der Waals surface area (Å²) in [5, 5.41) is 17.5. The normalized spacial score (nSPS) is 15.7. The minimum Gasteiger partial charge on any atom is -0.211 e. The quantitative estimate of drug-likeness (QED) is 0.693. The molecule has 0 spiro atoms. The van der Waals surface area contributed by atoms with Crippen molar-refractivity contribution < 1.29 is 8.78 Å². The number of fused-ring (bicyclic) bond motifs is 2. The molecule has 1 aliphatic rings. The van der Waals surface area contributed by atoms with Crippen LogP contribution in [0.1, 0.15) is 16.7 Å². The van der Waals surface area contributed by atoms with Gasteiger partial charge in [-0.2, -0.15) is 5.26 Å². The minimum atomic E-state index is -2.74. The largest absolute Gasteiger partial charge is 0.256 e. The zero-order valence-electron chi connectivity index (χ0n) is 11.4. The first-order valence-corrected chi connectivity index (χ1v) is 6.82. The van der Waals surface area contributed by atoms with E-state index in [1.165, 1.54) is 4.68 Å². The lowest BCUT2D eigenvalue weighted by Gasteiger charge is -2.08. The number of para-hydroxylation sites is 1. The molecular formula is C16H10F2N4. The highest BCUT2D eigenvalue weighted by Gasteiger charge is 2.38. The molecule has 0 unspecified atom stereocenters. The van der Waals surface area contributed by atoms with Gasteiger partial charge in [-0.1, -0.05) is 17.3 Å². The van der Waals surface area contributed by atoms with Gasteiger partial charge in [0.2, 0.25) is 0 Å². The monoisotopic (exact) mass is 296 g/mol. The van der Waals surface area contributed by atoms with Gasteiger partial charge in [-0.15, -0.1) is 5.10 Å². The zero-order chi connectivity index (χ0) is 15.3. The van der Waals surface area contributed by atoms with Crippen molar-refractivity contribution in [1.82, 2.24) is 15.0 Å². The first-order valence-electron chi connectivity index (χ1n) is 6.82. The van der Waals surface area contributed by atoms with E-state index in [1.807, 2.05) is 24.3 Å². The highest BCUT2D eigenvalue weighted by molar-refractivity contribution is 5.76. The van der Waals surface area contributed by atoms with E-state index in [1.54, 1.807) is 12.1 Å². The second-order valence-corrected chi connectivity index (χ2v) is 5.45. The molecular weight excluding hydrogens is 286 g/mol. The van der Waals surface area contributed by atoms with Gasteiger partial charge in [0.05, 0.1) is 16.8 Å².